The number of anilines is 1. The second kappa shape index (κ2) is 8.96. The summed E-state index contributed by atoms with van der Waals surface area (Å²) in [7, 11) is 0. The van der Waals surface area contributed by atoms with E-state index < -0.39 is 17.8 Å². The molecule has 0 bridgehead atoms. The molecule has 0 aliphatic rings. The van der Waals surface area contributed by atoms with E-state index >= 15 is 0 Å². The van der Waals surface area contributed by atoms with Gasteiger partial charge in [-0.25, -0.2) is 9.59 Å². The predicted molar refractivity (Wildman–Crippen MR) is 99.6 cm³/mol. The number of benzene rings is 1. The molecule has 136 valence electrons. The molecule has 0 fully saturated rings. The molecule has 2 rings (SSSR count). The number of rotatable bonds is 7. The predicted octanol–water partition coefficient (Wildman–Crippen LogP) is 3.66. The summed E-state index contributed by atoms with van der Waals surface area (Å²) < 4.78 is 5.05. The maximum absolute atomic E-state index is 12.2. The first-order chi connectivity index (χ1) is 12.4. The third-order valence-electron chi connectivity index (χ3n) is 3.59. The molecule has 0 spiro atoms. The Morgan fingerprint density at radius 2 is 1.92 bits per heavy atom. The average molecular weight is 373 g/mol. The minimum absolute atomic E-state index is 0.0228. The second-order valence-electron chi connectivity index (χ2n) is 5.41. The van der Waals surface area contributed by atoms with Gasteiger partial charge in [0, 0.05) is 22.9 Å². The fraction of sp³-hybridized carbons (Fsp3) is 0.211. The molecule has 2 aromatic rings. The SMILES string of the molecule is CCOC(=O)c1cc(C(C)c2ccccc2)sc1NC(=O)/C=C/C(=O)O. The molecule has 26 heavy (non-hydrogen) atoms. The molecule has 1 aromatic heterocycles. The van der Waals surface area contributed by atoms with Gasteiger partial charge in [0.25, 0.3) is 0 Å². The minimum atomic E-state index is -1.23. The number of nitrogens with one attached hydrogen (secondary N) is 1. The van der Waals surface area contributed by atoms with Crippen LogP contribution in [0.4, 0.5) is 5.00 Å². The summed E-state index contributed by atoms with van der Waals surface area (Å²) in [5, 5.41) is 11.5. The summed E-state index contributed by atoms with van der Waals surface area (Å²) in [6, 6.07) is 11.5. The largest absolute Gasteiger partial charge is 0.478 e. The van der Waals surface area contributed by atoms with Crippen molar-refractivity contribution in [2.45, 2.75) is 19.8 Å². The summed E-state index contributed by atoms with van der Waals surface area (Å²) in [5.41, 5.74) is 1.33. The van der Waals surface area contributed by atoms with Crippen molar-refractivity contribution in [2.24, 2.45) is 0 Å². The maximum atomic E-state index is 12.2. The number of hydrogen-bond donors (Lipinski definition) is 2. The summed E-state index contributed by atoms with van der Waals surface area (Å²) in [6.45, 7) is 3.92. The van der Waals surface area contributed by atoms with Gasteiger partial charge < -0.3 is 15.2 Å². The van der Waals surface area contributed by atoms with Crippen LogP contribution in [0, 0.1) is 0 Å². The standard InChI is InChI=1S/C19H19NO5S/c1-3-25-19(24)14-11-15(12(2)13-7-5-4-6-8-13)26-18(14)20-16(21)9-10-17(22)23/h4-12H,3H2,1-2H3,(H,20,21)(H,22,23)/b10-9+. The van der Waals surface area contributed by atoms with E-state index in [9.17, 15) is 14.4 Å². The fourth-order valence-electron chi connectivity index (χ4n) is 2.28. The highest BCUT2D eigenvalue weighted by Crippen LogP contribution is 2.36. The summed E-state index contributed by atoms with van der Waals surface area (Å²) in [6.07, 6.45) is 1.64. The molecule has 1 amide bonds. The second-order valence-corrected chi connectivity index (χ2v) is 6.49. The quantitative estimate of drug-likeness (QED) is 0.571. The first-order valence-corrected chi connectivity index (χ1v) is 8.81. The number of carbonyl (C=O) groups excluding carboxylic acids is 2. The molecule has 0 aliphatic heterocycles. The number of thiophene rings is 1. The number of hydrogen-bond acceptors (Lipinski definition) is 5. The molecular formula is C19H19NO5S. The fourth-order valence-corrected chi connectivity index (χ4v) is 3.41. The molecule has 6 nitrogen and oxygen atoms in total. The highest BCUT2D eigenvalue weighted by atomic mass is 32.1. The minimum Gasteiger partial charge on any atom is -0.478 e. The average Bonchev–Trinajstić information content (AvgIpc) is 3.04. The van der Waals surface area contributed by atoms with Crippen molar-refractivity contribution < 1.29 is 24.2 Å². The van der Waals surface area contributed by atoms with Crippen LogP contribution < -0.4 is 5.32 Å². The van der Waals surface area contributed by atoms with Crippen molar-refractivity contribution in [2.75, 3.05) is 11.9 Å². The van der Waals surface area contributed by atoms with E-state index in [0.717, 1.165) is 22.6 Å². The first kappa shape index (κ1) is 19.4. The van der Waals surface area contributed by atoms with E-state index in [0.29, 0.717) is 5.00 Å². The number of esters is 1. The van der Waals surface area contributed by atoms with Gasteiger partial charge >= 0.3 is 11.9 Å². The monoisotopic (exact) mass is 373 g/mol. The van der Waals surface area contributed by atoms with Crippen LogP contribution in [0.5, 0.6) is 0 Å². The van der Waals surface area contributed by atoms with E-state index in [-0.39, 0.29) is 18.1 Å². The van der Waals surface area contributed by atoms with Crippen molar-refractivity contribution in [3.63, 3.8) is 0 Å². The Balaban J connectivity index is 2.33. The van der Waals surface area contributed by atoms with Gasteiger partial charge in [-0.15, -0.1) is 11.3 Å². The van der Waals surface area contributed by atoms with Crippen molar-refractivity contribution in [1.82, 2.24) is 0 Å². The van der Waals surface area contributed by atoms with Crippen molar-refractivity contribution in [3.05, 3.63) is 64.6 Å². The Bertz CT molecular complexity index is 826. The Labute approximate surface area is 155 Å². The Hall–Kier alpha value is -2.93. The normalized spacial score (nSPS) is 11.9. The number of amides is 1. The van der Waals surface area contributed by atoms with Crippen LogP contribution in [0.1, 0.15) is 40.6 Å². The number of carbonyl (C=O) groups is 3. The molecular weight excluding hydrogens is 354 g/mol. The van der Waals surface area contributed by atoms with Crippen LogP contribution in [-0.2, 0) is 14.3 Å². The van der Waals surface area contributed by atoms with Gasteiger partial charge in [0.1, 0.15) is 5.00 Å². The van der Waals surface area contributed by atoms with Crippen LogP contribution in [0.3, 0.4) is 0 Å². The van der Waals surface area contributed by atoms with Crippen LogP contribution in [-0.4, -0.2) is 29.6 Å². The zero-order valence-electron chi connectivity index (χ0n) is 14.4. The van der Waals surface area contributed by atoms with E-state index in [1.54, 1.807) is 13.0 Å². The molecule has 0 aliphatic carbocycles. The van der Waals surface area contributed by atoms with Gasteiger partial charge in [-0.2, -0.15) is 0 Å². The van der Waals surface area contributed by atoms with Gasteiger partial charge in [0.15, 0.2) is 0 Å². The zero-order valence-corrected chi connectivity index (χ0v) is 15.2. The summed E-state index contributed by atoms with van der Waals surface area (Å²) in [4.78, 5) is 35.5. The highest BCUT2D eigenvalue weighted by Gasteiger charge is 2.21. The van der Waals surface area contributed by atoms with Gasteiger partial charge in [0.2, 0.25) is 5.91 Å². The third-order valence-corrected chi connectivity index (χ3v) is 4.82. The topological polar surface area (TPSA) is 92.7 Å². The molecule has 1 unspecified atom stereocenters. The first-order valence-electron chi connectivity index (χ1n) is 8.00. The molecule has 0 radical (unpaired) electrons. The molecule has 1 heterocycles. The molecule has 1 atom stereocenters. The summed E-state index contributed by atoms with van der Waals surface area (Å²) >= 11 is 1.27. The lowest BCUT2D eigenvalue weighted by Crippen LogP contribution is -2.12. The maximum Gasteiger partial charge on any atom is 0.341 e. The molecule has 7 heteroatoms. The molecule has 0 saturated carbocycles. The van der Waals surface area contributed by atoms with Crippen LogP contribution in [0.25, 0.3) is 0 Å². The number of carboxylic acid groups (broad SMARTS) is 1. The van der Waals surface area contributed by atoms with Crippen molar-refractivity contribution in [3.8, 4) is 0 Å². The number of aliphatic carboxylic acids is 1. The molecule has 2 N–H and O–H groups in total. The highest BCUT2D eigenvalue weighted by molar-refractivity contribution is 7.16. The van der Waals surface area contributed by atoms with E-state index in [2.05, 4.69) is 5.32 Å². The smallest absolute Gasteiger partial charge is 0.341 e. The molecule has 0 saturated heterocycles. The Morgan fingerprint density at radius 3 is 2.54 bits per heavy atom. The third kappa shape index (κ3) is 5.03. The number of carboxylic acids is 1. The van der Waals surface area contributed by atoms with E-state index in [4.69, 9.17) is 9.84 Å². The van der Waals surface area contributed by atoms with Crippen LogP contribution in [0.2, 0.25) is 0 Å². The van der Waals surface area contributed by atoms with E-state index in [1.807, 2.05) is 37.3 Å². The van der Waals surface area contributed by atoms with Crippen molar-refractivity contribution >= 4 is 34.2 Å². The number of ether oxygens (including phenoxy) is 1. The Kier molecular flexibility index (Phi) is 6.68. The van der Waals surface area contributed by atoms with Crippen LogP contribution >= 0.6 is 11.3 Å². The van der Waals surface area contributed by atoms with Gasteiger partial charge in [-0.3, -0.25) is 4.79 Å². The van der Waals surface area contributed by atoms with Gasteiger partial charge in [0.05, 0.1) is 12.2 Å². The lowest BCUT2D eigenvalue weighted by molar-refractivity contribution is -0.131. The lowest BCUT2D eigenvalue weighted by atomic mass is 9.99. The van der Waals surface area contributed by atoms with E-state index in [1.165, 1.54) is 11.3 Å². The Morgan fingerprint density at radius 1 is 1.23 bits per heavy atom. The van der Waals surface area contributed by atoms with Gasteiger partial charge in [-0.05, 0) is 18.6 Å². The lowest BCUT2D eigenvalue weighted by Gasteiger charge is -2.08. The van der Waals surface area contributed by atoms with Crippen molar-refractivity contribution in [1.29, 1.82) is 0 Å². The van der Waals surface area contributed by atoms with Crippen LogP contribution in [0.15, 0.2) is 48.6 Å². The van der Waals surface area contributed by atoms with Gasteiger partial charge in [-0.1, -0.05) is 37.3 Å². The molecule has 1 aromatic carbocycles. The summed E-state index contributed by atoms with van der Waals surface area (Å²) in [5.74, 6) is -2.36. The zero-order chi connectivity index (χ0) is 19.1.